The van der Waals surface area contributed by atoms with Gasteiger partial charge in [0.2, 0.25) is 6.79 Å². The number of hydrogen-bond acceptors (Lipinski definition) is 4. The molecular formula is C20H18O4. The Balaban J connectivity index is 1.43. The molecule has 1 heterocycles. The van der Waals surface area contributed by atoms with Gasteiger partial charge in [-0.05, 0) is 23.3 Å². The van der Waals surface area contributed by atoms with Gasteiger partial charge in [0.1, 0.15) is 0 Å². The van der Waals surface area contributed by atoms with Gasteiger partial charge in [-0.3, -0.25) is 0 Å². The lowest BCUT2D eigenvalue weighted by Crippen LogP contribution is -2.04. The molecule has 0 fully saturated rings. The zero-order chi connectivity index (χ0) is 16.6. The van der Waals surface area contributed by atoms with E-state index in [4.69, 9.17) is 14.2 Å². The molecule has 0 bridgehead atoms. The van der Waals surface area contributed by atoms with Crippen LogP contribution in [0.2, 0.25) is 0 Å². The maximum Gasteiger partial charge on any atom is 0.330 e. The monoisotopic (exact) mass is 322 g/mol. The Morgan fingerprint density at radius 3 is 2.75 bits per heavy atom. The average Bonchev–Trinajstić information content (AvgIpc) is 3.07. The summed E-state index contributed by atoms with van der Waals surface area (Å²) in [5.74, 6) is 1.15. The molecule has 2 aromatic rings. The van der Waals surface area contributed by atoms with Crippen molar-refractivity contribution in [1.82, 2.24) is 0 Å². The second-order valence-corrected chi connectivity index (χ2v) is 5.23. The molecule has 4 heteroatoms. The molecule has 3 rings (SSSR count). The van der Waals surface area contributed by atoms with Gasteiger partial charge in [-0.1, -0.05) is 54.6 Å². The molecule has 0 aliphatic carbocycles. The van der Waals surface area contributed by atoms with Gasteiger partial charge in [-0.25, -0.2) is 4.79 Å². The number of hydrogen-bond donors (Lipinski definition) is 0. The SMILES string of the molecule is O=C(/C=C/C=C/c1ccc2c(c1)OCO2)OCCc1ccccc1. The van der Waals surface area contributed by atoms with Crippen molar-refractivity contribution < 1.29 is 19.0 Å². The van der Waals surface area contributed by atoms with Crippen LogP contribution >= 0.6 is 0 Å². The minimum atomic E-state index is -0.346. The molecule has 0 aromatic heterocycles. The van der Waals surface area contributed by atoms with Crippen LogP contribution in [0.15, 0.2) is 66.8 Å². The van der Waals surface area contributed by atoms with Crippen molar-refractivity contribution in [1.29, 1.82) is 0 Å². The van der Waals surface area contributed by atoms with Crippen molar-refractivity contribution in [2.24, 2.45) is 0 Å². The Morgan fingerprint density at radius 1 is 1.04 bits per heavy atom. The second-order valence-electron chi connectivity index (χ2n) is 5.23. The number of fused-ring (bicyclic) bond motifs is 1. The molecule has 2 aromatic carbocycles. The Bertz CT molecular complexity index is 747. The summed E-state index contributed by atoms with van der Waals surface area (Å²) in [4.78, 5) is 11.6. The molecule has 0 N–H and O–H groups in total. The van der Waals surface area contributed by atoms with Crippen molar-refractivity contribution in [3.05, 3.63) is 77.9 Å². The quantitative estimate of drug-likeness (QED) is 0.461. The Hall–Kier alpha value is -3.01. The van der Waals surface area contributed by atoms with Gasteiger partial charge in [-0.2, -0.15) is 0 Å². The van der Waals surface area contributed by atoms with Gasteiger partial charge in [-0.15, -0.1) is 0 Å². The lowest BCUT2D eigenvalue weighted by molar-refractivity contribution is -0.137. The van der Waals surface area contributed by atoms with Crippen LogP contribution in [0.25, 0.3) is 6.08 Å². The van der Waals surface area contributed by atoms with Gasteiger partial charge in [0.25, 0.3) is 0 Å². The fourth-order valence-electron chi connectivity index (χ4n) is 2.28. The first-order valence-electron chi connectivity index (χ1n) is 7.76. The summed E-state index contributed by atoms with van der Waals surface area (Å²) in [5.41, 5.74) is 2.12. The van der Waals surface area contributed by atoms with Crippen molar-refractivity contribution in [3.8, 4) is 11.5 Å². The van der Waals surface area contributed by atoms with E-state index in [-0.39, 0.29) is 12.8 Å². The Kier molecular flexibility index (Phi) is 5.30. The third kappa shape index (κ3) is 4.49. The van der Waals surface area contributed by atoms with E-state index in [0.29, 0.717) is 13.0 Å². The minimum Gasteiger partial charge on any atom is -0.462 e. The van der Waals surface area contributed by atoms with E-state index < -0.39 is 0 Å². The molecule has 1 aliphatic rings. The van der Waals surface area contributed by atoms with Crippen LogP contribution in [-0.2, 0) is 16.0 Å². The minimum absolute atomic E-state index is 0.261. The summed E-state index contributed by atoms with van der Waals surface area (Å²) < 4.78 is 15.7. The highest BCUT2D eigenvalue weighted by Crippen LogP contribution is 2.32. The van der Waals surface area contributed by atoms with Gasteiger partial charge in [0.15, 0.2) is 11.5 Å². The van der Waals surface area contributed by atoms with Crippen LogP contribution in [0, 0.1) is 0 Å². The fraction of sp³-hybridized carbons (Fsp3) is 0.150. The number of esters is 1. The molecule has 0 saturated carbocycles. The van der Waals surface area contributed by atoms with Gasteiger partial charge >= 0.3 is 5.97 Å². The Labute approximate surface area is 141 Å². The van der Waals surface area contributed by atoms with Crippen molar-refractivity contribution >= 4 is 12.0 Å². The molecule has 122 valence electrons. The number of allylic oxidation sites excluding steroid dienone is 2. The topological polar surface area (TPSA) is 44.8 Å². The third-order valence-electron chi connectivity index (χ3n) is 3.51. The van der Waals surface area contributed by atoms with E-state index in [1.807, 2.05) is 54.6 Å². The predicted octanol–water partition coefficient (Wildman–Crippen LogP) is 3.77. The van der Waals surface area contributed by atoms with Crippen LogP contribution < -0.4 is 9.47 Å². The first-order valence-corrected chi connectivity index (χ1v) is 7.76. The summed E-state index contributed by atoms with van der Waals surface area (Å²) >= 11 is 0. The maximum absolute atomic E-state index is 11.6. The summed E-state index contributed by atoms with van der Waals surface area (Å²) in [6.07, 6.45) is 7.46. The highest BCUT2D eigenvalue weighted by Gasteiger charge is 2.11. The molecule has 4 nitrogen and oxygen atoms in total. The van der Waals surface area contributed by atoms with Crippen LogP contribution in [-0.4, -0.2) is 19.4 Å². The van der Waals surface area contributed by atoms with Crippen LogP contribution in [0.3, 0.4) is 0 Å². The largest absolute Gasteiger partial charge is 0.462 e. The second kappa shape index (κ2) is 8.02. The number of rotatable bonds is 6. The molecule has 0 spiro atoms. The number of ether oxygens (including phenoxy) is 3. The Morgan fingerprint density at radius 2 is 1.88 bits per heavy atom. The van der Waals surface area contributed by atoms with Crippen LogP contribution in [0.1, 0.15) is 11.1 Å². The molecule has 0 radical (unpaired) electrons. The molecular weight excluding hydrogens is 304 g/mol. The van der Waals surface area contributed by atoms with E-state index in [1.165, 1.54) is 6.08 Å². The van der Waals surface area contributed by atoms with Gasteiger partial charge in [0, 0.05) is 12.5 Å². The summed E-state index contributed by atoms with van der Waals surface area (Å²) in [6.45, 7) is 0.635. The number of benzene rings is 2. The summed E-state index contributed by atoms with van der Waals surface area (Å²) in [6, 6.07) is 15.6. The lowest BCUT2D eigenvalue weighted by Gasteiger charge is -2.01. The standard InChI is InChI=1S/C20H18O4/c21-20(22-13-12-16-6-2-1-3-7-16)9-5-4-8-17-10-11-18-19(14-17)24-15-23-18/h1-11,14H,12-13,15H2/b8-4+,9-5+. The summed E-state index contributed by atoms with van der Waals surface area (Å²) in [7, 11) is 0. The molecule has 24 heavy (non-hydrogen) atoms. The molecule has 0 saturated heterocycles. The van der Waals surface area contributed by atoms with E-state index in [0.717, 1.165) is 22.6 Å². The molecule has 0 atom stereocenters. The zero-order valence-electron chi connectivity index (χ0n) is 13.2. The highest BCUT2D eigenvalue weighted by atomic mass is 16.7. The van der Waals surface area contributed by atoms with Gasteiger partial charge < -0.3 is 14.2 Å². The van der Waals surface area contributed by atoms with E-state index in [1.54, 1.807) is 12.2 Å². The number of carbonyl (C=O) groups excluding carboxylic acids is 1. The maximum atomic E-state index is 11.6. The van der Waals surface area contributed by atoms with Crippen LogP contribution in [0.4, 0.5) is 0 Å². The number of carbonyl (C=O) groups is 1. The third-order valence-corrected chi connectivity index (χ3v) is 3.51. The highest BCUT2D eigenvalue weighted by molar-refractivity contribution is 5.82. The fourth-order valence-corrected chi connectivity index (χ4v) is 2.28. The van der Waals surface area contributed by atoms with Crippen molar-refractivity contribution in [3.63, 3.8) is 0 Å². The smallest absolute Gasteiger partial charge is 0.330 e. The molecule has 0 unspecified atom stereocenters. The molecule has 0 amide bonds. The van der Waals surface area contributed by atoms with Crippen molar-refractivity contribution in [2.45, 2.75) is 6.42 Å². The van der Waals surface area contributed by atoms with E-state index >= 15 is 0 Å². The predicted molar refractivity (Wildman–Crippen MR) is 91.8 cm³/mol. The first kappa shape index (κ1) is 15.9. The van der Waals surface area contributed by atoms with Crippen LogP contribution in [0.5, 0.6) is 11.5 Å². The van der Waals surface area contributed by atoms with Crippen molar-refractivity contribution in [2.75, 3.05) is 13.4 Å². The normalized spacial score (nSPS) is 12.8. The average molecular weight is 322 g/mol. The first-order chi connectivity index (χ1) is 11.8. The van der Waals surface area contributed by atoms with E-state index in [2.05, 4.69) is 0 Å². The van der Waals surface area contributed by atoms with Gasteiger partial charge in [0.05, 0.1) is 6.61 Å². The van der Waals surface area contributed by atoms with E-state index in [9.17, 15) is 4.79 Å². The molecule has 1 aliphatic heterocycles. The summed E-state index contributed by atoms with van der Waals surface area (Å²) in [5, 5.41) is 0. The zero-order valence-corrected chi connectivity index (χ0v) is 13.2. The lowest BCUT2D eigenvalue weighted by atomic mass is 10.2.